The largest absolute Gasteiger partial charge is 0.353 e. The molecule has 2 aliphatic rings. The van der Waals surface area contributed by atoms with E-state index in [4.69, 9.17) is 4.99 Å². The fourth-order valence-corrected chi connectivity index (χ4v) is 3.51. The average molecular weight is 338 g/mol. The topological polar surface area (TPSA) is 84.2 Å². The first-order chi connectivity index (χ1) is 12.2. The molecule has 0 amide bonds. The first kappa shape index (κ1) is 15.8. The maximum Gasteiger partial charge on any atom is 0.257 e. The van der Waals surface area contributed by atoms with E-state index in [0.717, 1.165) is 18.4 Å². The molecule has 3 heterocycles. The number of fused-ring (bicyclic) bond motifs is 1. The van der Waals surface area contributed by atoms with Gasteiger partial charge in [0, 0.05) is 35.8 Å². The van der Waals surface area contributed by atoms with Crippen LogP contribution in [0, 0.1) is 6.92 Å². The summed E-state index contributed by atoms with van der Waals surface area (Å²) in [7, 11) is 0. The second-order valence-electron chi connectivity index (χ2n) is 6.67. The minimum atomic E-state index is -0.461. The third-order valence-corrected chi connectivity index (χ3v) is 4.73. The van der Waals surface area contributed by atoms with Gasteiger partial charge in [-0.25, -0.2) is 9.98 Å². The Bertz CT molecular complexity index is 838. The van der Waals surface area contributed by atoms with Gasteiger partial charge >= 0.3 is 0 Å². The van der Waals surface area contributed by atoms with E-state index in [-0.39, 0.29) is 5.56 Å². The fourth-order valence-electron chi connectivity index (χ4n) is 3.51. The van der Waals surface area contributed by atoms with Gasteiger partial charge in [-0.3, -0.25) is 19.7 Å². The van der Waals surface area contributed by atoms with Crippen molar-refractivity contribution < 1.29 is 0 Å². The van der Waals surface area contributed by atoms with E-state index in [9.17, 15) is 4.79 Å². The molecule has 1 saturated carbocycles. The van der Waals surface area contributed by atoms with Crippen molar-refractivity contribution in [2.24, 2.45) is 4.99 Å². The Balaban J connectivity index is 1.72. The van der Waals surface area contributed by atoms with Crippen LogP contribution in [0.25, 0.3) is 0 Å². The number of guanidine groups is 1. The van der Waals surface area contributed by atoms with Crippen molar-refractivity contribution in [1.82, 2.24) is 19.9 Å². The van der Waals surface area contributed by atoms with Crippen molar-refractivity contribution in [2.75, 3.05) is 5.32 Å². The minimum absolute atomic E-state index is 0.121. The van der Waals surface area contributed by atoms with Crippen LogP contribution in [0.5, 0.6) is 0 Å². The molecular weight excluding hydrogens is 316 g/mol. The molecule has 1 aliphatic heterocycles. The molecule has 4 rings (SSSR count). The molecule has 25 heavy (non-hydrogen) atoms. The third kappa shape index (κ3) is 3.26. The van der Waals surface area contributed by atoms with Gasteiger partial charge in [-0.15, -0.1) is 0 Å². The van der Waals surface area contributed by atoms with Crippen LogP contribution >= 0.6 is 0 Å². The molecule has 2 aromatic heterocycles. The van der Waals surface area contributed by atoms with E-state index in [1.807, 2.05) is 19.1 Å². The molecule has 1 unspecified atom stereocenters. The van der Waals surface area contributed by atoms with Crippen LogP contribution in [-0.4, -0.2) is 26.5 Å². The number of aromatic nitrogens is 3. The molecule has 0 aromatic carbocycles. The van der Waals surface area contributed by atoms with Crippen molar-refractivity contribution in [3.05, 3.63) is 52.2 Å². The summed E-state index contributed by atoms with van der Waals surface area (Å²) < 4.78 is 1.58. The predicted octanol–water partition coefficient (Wildman–Crippen LogP) is 2.20. The Morgan fingerprint density at radius 3 is 2.88 bits per heavy atom. The van der Waals surface area contributed by atoms with Crippen LogP contribution in [0.15, 0.2) is 40.4 Å². The number of anilines is 1. The highest BCUT2D eigenvalue weighted by molar-refractivity contribution is 5.93. The van der Waals surface area contributed by atoms with E-state index < -0.39 is 6.17 Å². The van der Waals surface area contributed by atoms with Gasteiger partial charge in [-0.2, -0.15) is 0 Å². The van der Waals surface area contributed by atoms with Gasteiger partial charge in [-0.1, -0.05) is 25.3 Å². The number of rotatable bonds is 2. The van der Waals surface area contributed by atoms with Crippen molar-refractivity contribution >= 4 is 11.9 Å². The first-order valence-corrected chi connectivity index (χ1v) is 8.82. The van der Waals surface area contributed by atoms with E-state index >= 15 is 0 Å². The van der Waals surface area contributed by atoms with E-state index in [2.05, 4.69) is 20.6 Å². The summed E-state index contributed by atoms with van der Waals surface area (Å²) in [6.45, 7) is 1.82. The van der Waals surface area contributed by atoms with Crippen LogP contribution in [0.3, 0.4) is 0 Å². The SMILES string of the molecule is Cc1cc(=O)n2c(n1)NC(NC1CCCCC1)=NC2c1cccnc1. The zero-order valence-corrected chi connectivity index (χ0v) is 14.3. The number of aliphatic imine (C=N–C) groups is 1. The smallest absolute Gasteiger partial charge is 0.257 e. The number of aryl methyl sites for hydroxylation is 1. The summed E-state index contributed by atoms with van der Waals surface area (Å²) in [6.07, 6.45) is 9.07. The molecule has 0 spiro atoms. The number of pyridine rings is 1. The quantitative estimate of drug-likeness (QED) is 0.877. The lowest BCUT2D eigenvalue weighted by atomic mass is 9.96. The maximum absolute atomic E-state index is 12.5. The number of nitrogens with zero attached hydrogens (tertiary/aromatic N) is 4. The Kier molecular flexibility index (Phi) is 4.21. The highest BCUT2D eigenvalue weighted by Gasteiger charge is 2.26. The molecule has 7 heteroatoms. The summed E-state index contributed by atoms with van der Waals surface area (Å²) in [6, 6.07) is 5.73. The average Bonchev–Trinajstić information content (AvgIpc) is 2.62. The molecule has 1 atom stereocenters. The lowest BCUT2D eigenvalue weighted by molar-refractivity contribution is 0.410. The van der Waals surface area contributed by atoms with Crippen LogP contribution in [0.2, 0.25) is 0 Å². The van der Waals surface area contributed by atoms with Crippen LogP contribution in [0.1, 0.15) is 49.5 Å². The van der Waals surface area contributed by atoms with Gasteiger partial charge in [-0.05, 0) is 25.8 Å². The second-order valence-corrected chi connectivity index (χ2v) is 6.67. The third-order valence-electron chi connectivity index (χ3n) is 4.73. The summed E-state index contributed by atoms with van der Waals surface area (Å²) >= 11 is 0. The molecule has 2 N–H and O–H groups in total. The summed E-state index contributed by atoms with van der Waals surface area (Å²) in [5.41, 5.74) is 1.43. The Morgan fingerprint density at radius 2 is 2.12 bits per heavy atom. The van der Waals surface area contributed by atoms with Crippen LogP contribution in [-0.2, 0) is 0 Å². The van der Waals surface area contributed by atoms with Gasteiger partial charge in [0.25, 0.3) is 5.56 Å². The molecule has 1 fully saturated rings. The van der Waals surface area contributed by atoms with Gasteiger partial charge in [0.2, 0.25) is 11.9 Å². The van der Waals surface area contributed by atoms with Crippen molar-refractivity contribution in [1.29, 1.82) is 0 Å². The molecule has 0 radical (unpaired) electrons. The highest BCUT2D eigenvalue weighted by atomic mass is 16.1. The van der Waals surface area contributed by atoms with E-state index in [0.29, 0.717) is 23.6 Å². The van der Waals surface area contributed by atoms with Gasteiger partial charge < -0.3 is 5.32 Å². The maximum atomic E-state index is 12.5. The summed E-state index contributed by atoms with van der Waals surface area (Å²) in [5, 5.41) is 6.70. The Labute approximate surface area is 146 Å². The van der Waals surface area contributed by atoms with Gasteiger partial charge in [0.1, 0.15) is 0 Å². The number of nitrogens with one attached hydrogen (secondary N) is 2. The summed E-state index contributed by atoms with van der Waals surface area (Å²) in [5.74, 6) is 1.20. The molecule has 2 aromatic rings. The normalized spacial score (nSPS) is 20.4. The minimum Gasteiger partial charge on any atom is -0.353 e. The Hall–Kier alpha value is -2.70. The standard InChI is InChI=1S/C18H22N6O/c1-12-10-15(25)24-16(13-6-5-9-19-11-13)22-17(23-18(24)20-12)21-14-7-3-2-4-8-14/h5-6,9-11,14,16H,2-4,7-8H2,1H3,(H2,20,21,22,23). The van der Waals surface area contributed by atoms with Gasteiger partial charge in [0.15, 0.2) is 6.17 Å². The monoisotopic (exact) mass is 338 g/mol. The number of hydrogen-bond donors (Lipinski definition) is 2. The first-order valence-electron chi connectivity index (χ1n) is 8.82. The molecule has 7 nitrogen and oxygen atoms in total. The predicted molar refractivity (Wildman–Crippen MR) is 96.7 cm³/mol. The van der Waals surface area contributed by atoms with Crippen molar-refractivity contribution in [3.8, 4) is 0 Å². The lowest BCUT2D eigenvalue weighted by Crippen LogP contribution is -2.45. The van der Waals surface area contributed by atoms with Crippen LogP contribution < -0.4 is 16.2 Å². The van der Waals surface area contributed by atoms with Gasteiger partial charge in [0.05, 0.1) is 0 Å². The molecule has 1 aliphatic carbocycles. The van der Waals surface area contributed by atoms with Crippen LogP contribution in [0.4, 0.5) is 5.95 Å². The lowest BCUT2D eigenvalue weighted by Gasteiger charge is -2.30. The highest BCUT2D eigenvalue weighted by Crippen LogP contribution is 2.25. The zero-order chi connectivity index (χ0) is 17.2. The van der Waals surface area contributed by atoms with Crippen molar-refractivity contribution in [2.45, 2.75) is 51.2 Å². The summed E-state index contributed by atoms with van der Waals surface area (Å²) in [4.78, 5) is 26.0. The second kappa shape index (κ2) is 6.66. The Morgan fingerprint density at radius 1 is 1.28 bits per heavy atom. The zero-order valence-electron chi connectivity index (χ0n) is 14.3. The molecule has 0 bridgehead atoms. The molecular formula is C18H22N6O. The fraction of sp³-hybridized carbons (Fsp3) is 0.444. The molecule has 0 saturated heterocycles. The number of hydrogen-bond acceptors (Lipinski definition) is 6. The van der Waals surface area contributed by atoms with E-state index in [1.54, 1.807) is 17.0 Å². The molecule has 130 valence electrons. The van der Waals surface area contributed by atoms with Crippen molar-refractivity contribution in [3.63, 3.8) is 0 Å². The van der Waals surface area contributed by atoms with E-state index in [1.165, 1.54) is 25.3 Å².